The van der Waals surface area contributed by atoms with Gasteiger partial charge in [-0.1, -0.05) is 26.0 Å². The predicted octanol–water partition coefficient (Wildman–Crippen LogP) is 2.73. The SMILES string of the molecule is CC(C)C(CCO)NCc1ccc2cnccc2c1. The summed E-state index contributed by atoms with van der Waals surface area (Å²) in [6, 6.07) is 8.83. The van der Waals surface area contributed by atoms with Gasteiger partial charge in [0.2, 0.25) is 0 Å². The van der Waals surface area contributed by atoms with E-state index in [0.29, 0.717) is 12.0 Å². The molecule has 1 atom stereocenters. The molecular formula is C16H22N2O. The quantitative estimate of drug-likeness (QED) is 0.837. The molecule has 0 radical (unpaired) electrons. The van der Waals surface area contributed by atoms with Gasteiger partial charge < -0.3 is 10.4 Å². The fraction of sp³-hybridized carbons (Fsp3) is 0.438. The van der Waals surface area contributed by atoms with Crippen LogP contribution in [0, 0.1) is 5.92 Å². The molecule has 0 aliphatic heterocycles. The number of hydrogen-bond donors (Lipinski definition) is 2. The van der Waals surface area contributed by atoms with E-state index < -0.39 is 0 Å². The molecule has 0 fully saturated rings. The summed E-state index contributed by atoms with van der Waals surface area (Å²) in [7, 11) is 0. The molecule has 2 rings (SSSR count). The van der Waals surface area contributed by atoms with E-state index in [9.17, 15) is 0 Å². The number of aliphatic hydroxyl groups excluding tert-OH is 1. The van der Waals surface area contributed by atoms with Crippen LogP contribution >= 0.6 is 0 Å². The summed E-state index contributed by atoms with van der Waals surface area (Å²) in [6.45, 7) is 5.43. The third-order valence-corrected chi connectivity index (χ3v) is 3.52. The Hall–Kier alpha value is -1.45. The Kier molecular flexibility index (Phi) is 4.88. The summed E-state index contributed by atoms with van der Waals surface area (Å²) in [5, 5.41) is 15.0. The zero-order chi connectivity index (χ0) is 13.7. The first-order valence-corrected chi connectivity index (χ1v) is 6.87. The minimum Gasteiger partial charge on any atom is -0.396 e. The summed E-state index contributed by atoms with van der Waals surface area (Å²) in [5.41, 5.74) is 1.27. The van der Waals surface area contributed by atoms with Gasteiger partial charge in [-0.05, 0) is 35.4 Å². The number of rotatable bonds is 6. The maximum absolute atomic E-state index is 9.08. The molecule has 0 spiro atoms. The number of nitrogens with one attached hydrogen (secondary N) is 1. The van der Waals surface area contributed by atoms with Crippen molar-refractivity contribution in [3.63, 3.8) is 0 Å². The van der Waals surface area contributed by atoms with Crippen LogP contribution in [0.4, 0.5) is 0 Å². The van der Waals surface area contributed by atoms with Gasteiger partial charge in [0.05, 0.1) is 0 Å². The number of hydrogen-bond acceptors (Lipinski definition) is 3. The van der Waals surface area contributed by atoms with Crippen molar-refractivity contribution in [3.05, 3.63) is 42.2 Å². The molecule has 19 heavy (non-hydrogen) atoms. The Balaban J connectivity index is 2.04. The lowest BCUT2D eigenvalue weighted by Crippen LogP contribution is -2.34. The van der Waals surface area contributed by atoms with E-state index in [-0.39, 0.29) is 6.61 Å². The van der Waals surface area contributed by atoms with Gasteiger partial charge in [0.15, 0.2) is 0 Å². The molecule has 1 aromatic heterocycles. The summed E-state index contributed by atoms with van der Waals surface area (Å²) in [4.78, 5) is 4.12. The fourth-order valence-corrected chi connectivity index (χ4v) is 2.30. The van der Waals surface area contributed by atoms with Crippen molar-refractivity contribution in [2.45, 2.75) is 32.9 Å². The molecule has 0 saturated carbocycles. The Morgan fingerprint density at radius 1 is 1.21 bits per heavy atom. The second kappa shape index (κ2) is 6.64. The molecule has 1 heterocycles. The van der Waals surface area contributed by atoms with Gasteiger partial charge in [0.1, 0.15) is 0 Å². The van der Waals surface area contributed by atoms with Crippen molar-refractivity contribution in [3.8, 4) is 0 Å². The lowest BCUT2D eigenvalue weighted by Gasteiger charge is -2.21. The average molecular weight is 258 g/mol. The van der Waals surface area contributed by atoms with E-state index in [1.807, 2.05) is 18.5 Å². The van der Waals surface area contributed by atoms with Crippen LogP contribution in [0.3, 0.4) is 0 Å². The van der Waals surface area contributed by atoms with Crippen molar-refractivity contribution >= 4 is 10.8 Å². The number of aromatic nitrogens is 1. The van der Waals surface area contributed by atoms with Crippen molar-refractivity contribution < 1.29 is 5.11 Å². The van der Waals surface area contributed by atoms with Crippen LogP contribution in [0.25, 0.3) is 10.8 Å². The second-order valence-corrected chi connectivity index (χ2v) is 5.30. The van der Waals surface area contributed by atoms with Gasteiger partial charge in [-0.2, -0.15) is 0 Å². The van der Waals surface area contributed by atoms with Gasteiger partial charge in [0.25, 0.3) is 0 Å². The van der Waals surface area contributed by atoms with Crippen molar-refractivity contribution in [2.24, 2.45) is 5.92 Å². The van der Waals surface area contributed by atoms with Gasteiger partial charge in [0, 0.05) is 37.0 Å². The van der Waals surface area contributed by atoms with E-state index in [4.69, 9.17) is 5.11 Å². The van der Waals surface area contributed by atoms with Gasteiger partial charge >= 0.3 is 0 Å². The molecule has 0 amide bonds. The summed E-state index contributed by atoms with van der Waals surface area (Å²) >= 11 is 0. The molecule has 2 aromatic rings. The average Bonchev–Trinajstić information content (AvgIpc) is 2.43. The van der Waals surface area contributed by atoms with Gasteiger partial charge in [-0.25, -0.2) is 0 Å². The molecule has 1 aromatic carbocycles. The molecule has 0 aliphatic carbocycles. The fourth-order valence-electron chi connectivity index (χ4n) is 2.30. The van der Waals surface area contributed by atoms with Crippen LogP contribution in [0.15, 0.2) is 36.7 Å². The zero-order valence-corrected chi connectivity index (χ0v) is 11.6. The third-order valence-electron chi connectivity index (χ3n) is 3.52. The normalized spacial score (nSPS) is 13.1. The van der Waals surface area contributed by atoms with Crippen LogP contribution < -0.4 is 5.32 Å². The first kappa shape index (κ1) is 14.0. The van der Waals surface area contributed by atoms with Crippen molar-refractivity contribution in [1.29, 1.82) is 0 Å². The Bertz CT molecular complexity index is 525. The van der Waals surface area contributed by atoms with Crippen LogP contribution in [0.2, 0.25) is 0 Å². The highest BCUT2D eigenvalue weighted by atomic mass is 16.3. The molecule has 102 valence electrons. The van der Waals surface area contributed by atoms with E-state index in [1.54, 1.807) is 0 Å². The maximum atomic E-state index is 9.08. The molecule has 0 bridgehead atoms. The van der Waals surface area contributed by atoms with Crippen molar-refractivity contribution in [2.75, 3.05) is 6.61 Å². The summed E-state index contributed by atoms with van der Waals surface area (Å²) < 4.78 is 0. The molecule has 0 saturated heterocycles. The highest BCUT2D eigenvalue weighted by Crippen LogP contribution is 2.15. The Morgan fingerprint density at radius 2 is 2.05 bits per heavy atom. The van der Waals surface area contributed by atoms with Crippen LogP contribution in [0.1, 0.15) is 25.8 Å². The van der Waals surface area contributed by atoms with E-state index in [2.05, 4.69) is 42.3 Å². The highest BCUT2D eigenvalue weighted by molar-refractivity contribution is 5.81. The summed E-state index contributed by atoms with van der Waals surface area (Å²) in [6.07, 6.45) is 4.51. The number of benzene rings is 1. The molecule has 2 N–H and O–H groups in total. The third kappa shape index (κ3) is 3.75. The minimum atomic E-state index is 0.235. The lowest BCUT2D eigenvalue weighted by atomic mass is 10.0. The first-order valence-electron chi connectivity index (χ1n) is 6.87. The zero-order valence-electron chi connectivity index (χ0n) is 11.6. The Morgan fingerprint density at radius 3 is 2.79 bits per heavy atom. The van der Waals surface area contributed by atoms with Crippen molar-refractivity contribution in [1.82, 2.24) is 10.3 Å². The molecule has 1 unspecified atom stereocenters. The molecule has 3 nitrogen and oxygen atoms in total. The monoisotopic (exact) mass is 258 g/mol. The van der Waals surface area contributed by atoms with Crippen LogP contribution in [-0.2, 0) is 6.54 Å². The van der Waals surface area contributed by atoms with Crippen LogP contribution in [-0.4, -0.2) is 22.7 Å². The van der Waals surface area contributed by atoms with Gasteiger partial charge in [-0.15, -0.1) is 0 Å². The minimum absolute atomic E-state index is 0.235. The molecular weight excluding hydrogens is 236 g/mol. The molecule has 3 heteroatoms. The first-order chi connectivity index (χ1) is 9.20. The van der Waals surface area contributed by atoms with E-state index in [0.717, 1.165) is 13.0 Å². The van der Waals surface area contributed by atoms with E-state index >= 15 is 0 Å². The van der Waals surface area contributed by atoms with E-state index in [1.165, 1.54) is 16.3 Å². The smallest absolute Gasteiger partial charge is 0.0445 e. The standard InChI is InChI=1S/C16H22N2O/c1-12(2)16(6-8-19)18-10-13-3-4-15-11-17-7-5-14(15)9-13/h3-5,7,9,11-12,16,18-19H,6,8,10H2,1-2H3. The maximum Gasteiger partial charge on any atom is 0.0445 e. The predicted molar refractivity (Wildman–Crippen MR) is 78.9 cm³/mol. The van der Waals surface area contributed by atoms with Crippen LogP contribution in [0.5, 0.6) is 0 Å². The second-order valence-electron chi connectivity index (χ2n) is 5.30. The number of aliphatic hydroxyl groups is 1. The Labute approximate surface area is 114 Å². The molecule has 0 aliphatic rings. The largest absolute Gasteiger partial charge is 0.396 e. The number of pyridine rings is 1. The number of nitrogens with zero attached hydrogens (tertiary/aromatic N) is 1. The summed E-state index contributed by atoms with van der Waals surface area (Å²) in [5.74, 6) is 0.525. The number of fused-ring (bicyclic) bond motifs is 1. The lowest BCUT2D eigenvalue weighted by molar-refractivity contribution is 0.244. The highest BCUT2D eigenvalue weighted by Gasteiger charge is 2.11. The topological polar surface area (TPSA) is 45.1 Å². The van der Waals surface area contributed by atoms with Gasteiger partial charge in [-0.3, -0.25) is 4.98 Å².